The number of fused-ring (bicyclic) bond motifs is 1. The first-order valence-electron chi connectivity index (χ1n) is 11.1. The molecular weight excluding hydrogens is 420 g/mol. The average molecular weight is 453 g/mol. The Morgan fingerprint density at radius 1 is 1.12 bits per heavy atom. The van der Waals surface area contributed by atoms with Crippen LogP contribution >= 0.6 is 11.3 Å². The van der Waals surface area contributed by atoms with Crippen LogP contribution in [-0.4, -0.2) is 58.4 Å². The van der Waals surface area contributed by atoms with E-state index in [2.05, 4.69) is 40.9 Å². The van der Waals surface area contributed by atoms with Gasteiger partial charge < -0.3 is 11.1 Å². The molecule has 0 radical (unpaired) electrons. The van der Waals surface area contributed by atoms with Crippen molar-refractivity contribution in [1.82, 2.24) is 19.8 Å². The number of benzene rings is 1. The predicted molar refractivity (Wildman–Crippen MR) is 132 cm³/mol. The molecule has 1 atom stereocenters. The fourth-order valence-corrected chi connectivity index (χ4v) is 5.39. The van der Waals surface area contributed by atoms with E-state index in [1.54, 1.807) is 11.3 Å². The minimum Gasteiger partial charge on any atom is -0.383 e. The summed E-state index contributed by atoms with van der Waals surface area (Å²) in [6, 6.07) is 6.13. The highest BCUT2D eigenvalue weighted by Crippen LogP contribution is 2.33. The van der Waals surface area contributed by atoms with E-state index < -0.39 is 0 Å². The molecule has 1 aliphatic rings. The number of para-hydroxylation sites is 1. The SMILES string of the molecule is Cc1cccc(C)c1NC(=O)CN1CCN(C(C)c2nc(N)c3c(C)c(C)sc3n2)CC1. The lowest BCUT2D eigenvalue weighted by atomic mass is 10.1. The van der Waals surface area contributed by atoms with E-state index in [-0.39, 0.29) is 11.9 Å². The lowest BCUT2D eigenvalue weighted by Crippen LogP contribution is -2.49. The number of thiophene rings is 1. The molecule has 4 rings (SSSR count). The van der Waals surface area contributed by atoms with Crippen LogP contribution in [0.15, 0.2) is 18.2 Å². The van der Waals surface area contributed by atoms with E-state index in [4.69, 9.17) is 10.7 Å². The third kappa shape index (κ3) is 4.48. The fourth-order valence-electron chi connectivity index (χ4n) is 4.35. The summed E-state index contributed by atoms with van der Waals surface area (Å²) in [6.45, 7) is 14.1. The molecule has 3 heterocycles. The molecule has 8 heteroatoms. The van der Waals surface area contributed by atoms with Crippen molar-refractivity contribution in [3.8, 4) is 0 Å². The molecule has 170 valence electrons. The zero-order valence-electron chi connectivity index (χ0n) is 19.5. The highest BCUT2D eigenvalue weighted by Gasteiger charge is 2.26. The quantitative estimate of drug-likeness (QED) is 0.612. The Kier molecular flexibility index (Phi) is 6.46. The second kappa shape index (κ2) is 9.13. The molecule has 1 aliphatic heterocycles. The van der Waals surface area contributed by atoms with Gasteiger partial charge in [0.05, 0.1) is 18.0 Å². The Morgan fingerprint density at radius 3 is 2.44 bits per heavy atom. The van der Waals surface area contributed by atoms with Gasteiger partial charge in [-0.3, -0.25) is 14.6 Å². The molecule has 0 bridgehead atoms. The van der Waals surface area contributed by atoms with Crippen LogP contribution in [0.3, 0.4) is 0 Å². The molecule has 1 saturated heterocycles. The maximum absolute atomic E-state index is 12.6. The van der Waals surface area contributed by atoms with E-state index in [0.717, 1.165) is 59.0 Å². The van der Waals surface area contributed by atoms with Crippen LogP contribution < -0.4 is 11.1 Å². The summed E-state index contributed by atoms with van der Waals surface area (Å²) in [4.78, 5) is 28.9. The van der Waals surface area contributed by atoms with Gasteiger partial charge in [-0.05, 0) is 51.3 Å². The monoisotopic (exact) mass is 452 g/mol. The summed E-state index contributed by atoms with van der Waals surface area (Å²) < 4.78 is 0. The molecule has 32 heavy (non-hydrogen) atoms. The Bertz CT molecular complexity index is 1130. The zero-order valence-corrected chi connectivity index (χ0v) is 20.3. The number of nitrogens with zero attached hydrogens (tertiary/aromatic N) is 4. The molecule has 1 fully saturated rings. The van der Waals surface area contributed by atoms with E-state index in [9.17, 15) is 4.79 Å². The highest BCUT2D eigenvalue weighted by atomic mass is 32.1. The Balaban J connectivity index is 1.36. The van der Waals surface area contributed by atoms with Crippen LogP contribution in [-0.2, 0) is 4.79 Å². The van der Waals surface area contributed by atoms with Gasteiger partial charge in [0.2, 0.25) is 5.91 Å². The number of anilines is 2. The number of nitrogens with two attached hydrogens (primary N) is 1. The summed E-state index contributed by atoms with van der Waals surface area (Å²) in [5.74, 6) is 1.38. The van der Waals surface area contributed by atoms with Gasteiger partial charge in [0.1, 0.15) is 16.5 Å². The molecule has 1 aromatic carbocycles. The van der Waals surface area contributed by atoms with Gasteiger partial charge >= 0.3 is 0 Å². The second-order valence-corrected chi connectivity index (χ2v) is 9.94. The topological polar surface area (TPSA) is 87.4 Å². The van der Waals surface area contributed by atoms with E-state index in [0.29, 0.717) is 12.4 Å². The maximum Gasteiger partial charge on any atom is 0.238 e. The van der Waals surface area contributed by atoms with E-state index in [1.165, 1.54) is 10.4 Å². The van der Waals surface area contributed by atoms with Crippen molar-refractivity contribution < 1.29 is 4.79 Å². The molecular formula is C24H32N6OS. The maximum atomic E-state index is 12.6. The summed E-state index contributed by atoms with van der Waals surface area (Å²) >= 11 is 1.68. The van der Waals surface area contributed by atoms with Crippen LogP contribution in [0, 0.1) is 27.7 Å². The van der Waals surface area contributed by atoms with Gasteiger partial charge in [-0.15, -0.1) is 11.3 Å². The minimum absolute atomic E-state index is 0.0360. The first-order chi connectivity index (χ1) is 15.2. The van der Waals surface area contributed by atoms with E-state index >= 15 is 0 Å². The number of nitrogens with one attached hydrogen (secondary N) is 1. The Labute approximate surface area is 193 Å². The Hall–Kier alpha value is -2.55. The summed E-state index contributed by atoms with van der Waals surface area (Å²) in [6.07, 6.45) is 0. The number of aryl methyl sites for hydroxylation is 4. The van der Waals surface area contributed by atoms with Crippen LogP contribution in [0.2, 0.25) is 0 Å². The molecule has 1 amide bonds. The first kappa shape index (κ1) is 22.6. The zero-order chi connectivity index (χ0) is 23.0. The van der Waals surface area contributed by atoms with Crippen molar-refractivity contribution in [3.05, 3.63) is 45.6 Å². The van der Waals surface area contributed by atoms with Gasteiger partial charge in [-0.1, -0.05) is 18.2 Å². The molecule has 2 aromatic heterocycles. The predicted octanol–water partition coefficient (Wildman–Crippen LogP) is 3.82. The molecule has 1 unspecified atom stereocenters. The Morgan fingerprint density at radius 2 is 1.78 bits per heavy atom. The third-order valence-corrected chi connectivity index (χ3v) is 7.62. The summed E-state index contributed by atoms with van der Waals surface area (Å²) in [5.41, 5.74) is 10.6. The van der Waals surface area contributed by atoms with Crippen LogP contribution in [0.5, 0.6) is 0 Å². The number of carbonyl (C=O) groups is 1. The summed E-state index contributed by atoms with van der Waals surface area (Å²) in [5, 5.41) is 4.08. The van der Waals surface area contributed by atoms with Crippen molar-refractivity contribution in [2.45, 2.75) is 40.7 Å². The molecule has 0 aliphatic carbocycles. The number of nitrogen functional groups attached to an aromatic ring is 1. The number of amides is 1. The van der Waals surface area contributed by atoms with E-state index in [1.807, 2.05) is 32.0 Å². The van der Waals surface area contributed by atoms with Crippen molar-refractivity contribution in [2.75, 3.05) is 43.8 Å². The number of hydrogen-bond donors (Lipinski definition) is 2. The highest BCUT2D eigenvalue weighted by molar-refractivity contribution is 7.18. The molecule has 7 nitrogen and oxygen atoms in total. The number of rotatable bonds is 5. The lowest BCUT2D eigenvalue weighted by Gasteiger charge is -2.37. The van der Waals surface area contributed by atoms with Gasteiger partial charge in [0.25, 0.3) is 0 Å². The van der Waals surface area contributed by atoms with Gasteiger partial charge in [0, 0.05) is 36.7 Å². The van der Waals surface area contributed by atoms with Crippen molar-refractivity contribution in [1.29, 1.82) is 0 Å². The van der Waals surface area contributed by atoms with Crippen molar-refractivity contribution in [3.63, 3.8) is 0 Å². The van der Waals surface area contributed by atoms with Gasteiger partial charge in [0.15, 0.2) is 0 Å². The van der Waals surface area contributed by atoms with Crippen LogP contribution in [0.4, 0.5) is 11.5 Å². The van der Waals surface area contributed by atoms with Gasteiger partial charge in [-0.25, -0.2) is 9.97 Å². The fraction of sp³-hybridized carbons (Fsp3) is 0.458. The van der Waals surface area contributed by atoms with Gasteiger partial charge in [-0.2, -0.15) is 0 Å². The number of hydrogen-bond acceptors (Lipinski definition) is 7. The summed E-state index contributed by atoms with van der Waals surface area (Å²) in [7, 11) is 0. The third-order valence-electron chi connectivity index (χ3n) is 6.51. The molecule has 3 N–H and O–H groups in total. The van der Waals surface area contributed by atoms with Crippen molar-refractivity contribution in [2.24, 2.45) is 0 Å². The smallest absolute Gasteiger partial charge is 0.238 e. The van der Waals surface area contributed by atoms with Crippen LogP contribution in [0.1, 0.15) is 40.4 Å². The lowest BCUT2D eigenvalue weighted by molar-refractivity contribution is -0.117. The largest absolute Gasteiger partial charge is 0.383 e. The molecule has 0 spiro atoms. The van der Waals surface area contributed by atoms with Crippen molar-refractivity contribution >= 4 is 39.0 Å². The minimum atomic E-state index is 0.0360. The number of carbonyl (C=O) groups excluding carboxylic acids is 1. The number of piperazine rings is 1. The van der Waals surface area contributed by atoms with Crippen LogP contribution in [0.25, 0.3) is 10.2 Å². The first-order valence-corrected chi connectivity index (χ1v) is 11.9. The number of aromatic nitrogens is 2. The molecule has 0 saturated carbocycles. The second-order valence-electron chi connectivity index (χ2n) is 8.73. The average Bonchev–Trinajstić information content (AvgIpc) is 3.05. The standard InChI is InChI=1S/C24H32N6OS/c1-14-7-6-8-15(2)21(14)26-19(31)13-29-9-11-30(12-10-29)17(4)23-27-22(25)20-16(3)18(5)32-24(20)28-23/h6-8,17H,9-13H2,1-5H3,(H,26,31)(H2,25,27,28). The normalized spacial score (nSPS) is 16.4. The molecule has 3 aromatic rings.